The van der Waals surface area contributed by atoms with Gasteiger partial charge in [0.05, 0.1) is 16.7 Å². The second-order valence-corrected chi connectivity index (χ2v) is 11.9. The molecule has 3 atom stereocenters. The van der Waals surface area contributed by atoms with Crippen molar-refractivity contribution in [1.29, 1.82) is 0 Å². The van der Waals surface area contributed by atoms with E-state index >= 15 is 0 Å². The van der Waals surface area contributed by atoms with Crippen LogP contribution in [0.1, 0.15) is 65.6 Å². The normalized spacial score (nSPS) is 20.9. The molecule has 0 aliphatic carbocycles. The molecule has 4 heterocycles. The lowest BCUT2D eigenvalue weighted by atomic mass is 9.84. The lowest BCUT2D eigenvalue weighted by molar-refractivity contribution is -0.384. The number of nitro benzene ring substituents is 1. The lowest BCUT2D eigenvalue weighted by Gasteiger charge is -2.42. The van der Waals surface area contributed by atoms with E-state index in [2.05, 4.69) is 10.5 Å². The molecule has 2 aromatic carbocycles. The first kappa shape index (κ1) is 33.0. The quantitative estimate of drug-likeness (QED) is 0.119. The first-order valence-electron chi connectivity index (χ1n) is 15.1. The predicted octanol–water partition coefficient (Wildman–Crippen LogP) is 4.23. The summed E-state index contributed by atoms with van der Waals surface area (Å²) in [4.78, 5) is 71.5. The van der Waals surface area contributed by atoms with Crippen LogP contribution in [0.4, 0.5) is 19.3 Å². The zero-order chi connectivity index (χ0) is 35.0. The number of carbonyl (C=O) groups is 3. The molecule has 3 aliphatic rings. The monoisotopic (exact) mass is 681 g/mol. The average molecular weight is 682 g/mol. The molecule has 15 nitrogen and oxygen atoms in total. The average Bonchev–Trinajstić information content (AvgIpc) is 3.39. The minimum atomic E-state index is -1.29. The van der Waals surface area contributed by atoms with Crippen molar-refractivity contribution < 1.29 is 47.1 Å². The van der Waals surface area contributed by atoms with Gasteiger partial charge in [-0.1, -0.05) is 11.2 Å². The van der Waals surface area contributed by atoms with Crippen LogP contribution in [0.25, 0.3) is 0 Å². The van der Waals surface area contributed by atoms with Gasteiger partial charge in [-0.25, -0.2) is 13.6 Å². The highest BCUT2D eigenvalue weighted by Gasteiger charge is 2.54. The Kier molecular flexibility index (Phi) is 8.75. The van der Waals surface area contributed by atoms with E-state index in [9.17, 15) is 38.1 Å². The molecule has 1 saturated heterocycles. The molecule has 17 heteroatoms. The van der Waals surface area contributed by atoms with Crippen molar-refractivity contribution in [3.05, 3.63) is 97.5 Å². The minimum absolute atomic E-state index is 0.0428. The maximum Gasteiger partial charge on any atom is 0.516 e. The number of fused-ring (bicyclic) bond motifs is 5. The molecule has 3 aromatic rings. The highest BCUT2D eigenvalue weighted by atomic mass is 19.1. The Morgan fingerprint density at radius 3 is 2.61 bits per heavy atom. The van der Waals surface area contributed by atoms with Gasteiger partial charge in [-0.05, 0) is 44.9 Å². The SMILES string of the molecule is CC1=NO[C@@]2(CCC(C)N3CC2n2cc(C(=O)NCc4ccc(F)cc4F)c(=O)c(OCOC(=O)Oc4ccc([N+](=O)[O-])cc4)c2C3=O)C1. The summed E-state index contributed by atoms with van der Waals surface area (Å²) in [5.74, 6) is -3.90. The zero-order valence-electron chi connectivity index (χ0n) is 26.1. The summed E-state index contributed by atoms with van der Waals surface area (Å²) in [6.07, 6.45) is 1.39. The van der Waals surface area contributed by atoms with Gasteiger partial charge in [0, 0.05) is 55.5 Å². The van der Waals surface area contributed by atoms with Gasteiger partial charge in [-0.15, -0.1) is 0 Å². The maximum atomic E-state index is 14.3. The van der Waals surface area contributed by atoms with Crippen LogP contribution in [-0.4, -0.2) is 63.1 Å². The van der Waals surface area contributed by atoms with Gasteiger partial charge in [-0.2, -0.15) is 0 Å². The largest absolute Gasteiger partial charge is 0.516 e. The van der Waals surface area contributed by atoms with E-state index in [1.807, 2.05) is 6.92 Å². The summed E-state index contributed by atoms with van der Waals surface area (Å²) < 4.78 is 44.8. The topological polar surface area (TPSA) is 181 Å². The summed E-state index contributed by atoms with van der Waals surface area (Å²) in [5.41, 5.74) is -2.19. The van der Waals surface area contributed by atoms with Crippen molar-refractivity contribution in [2.75, 3.05) is 13.3 Å². The lowest BCUT2D eigenvalue weighted by Crippen LogP contribution is -2.52. The van der Waals surface area contributed by atoms with E-state index in [0.717, 1.165) is 30.0 Å². The molecule has 0 saturated carbocycles. The number of hydrogen-bond donors (Lipinski definition) is 1. The number of halogens is 2. The number of rotatable bonds is 8. The number of carbonyl (C=O) groups excluding carboxylic acids is 3. The molecule has 1 N–H and O–H groups in total. The van der Waals surface area contributed by atoms with E-state index < -0.39 is 76.2 Å². The maximum absolute atomic E-state index is 14.3. The summed E-state index contributed by atoms with van der Waals surface area (Å²) in [6.45, 7) is 2.50. The first-order valence-corrected chi connectivity index (χ1v) is 15.1. The number of nitro groups is 1. The number of non-ortho nitro benzene ring substituents is 1. The smallest absolute Gasteiger partial charge is 0.451 e. The molecular weight excluding hydrogens is 652 g/mol. The molecule has 256 valence electrons. The summed E-state index contributed by atoms with van der Waals surface area (Å²) in [5, 5.41) is 17.5. The number of oxime groups is 1. The van der Waals surface area contributed by atoms with Crippen LogP contribution in [0, 0.1) is 21.7 Å². The minimum Gasteiger partial charge on any atom is -0.451 e. The highest BCUT2D eigenvalue weighted by molar-refractivity contribution is 5.99. The number of pyridine rings is 1. The Morgan fingerprint density at radius 1 is 1.18 bits per heavy atom. The Bertz CT molecular complexity index is 1950. The van der Waals surface area contributed by atoms with Gasteiger partial charge >= 0.3 is 6.16 Å². The second-order valence-electron chi connectivity index (χ2n) is 11.9. The van der Waals surface area contributed by atoms with Gasteiger partial charge in [0.2, 0.25) is 18.0 Å². The fourth-order valence-electron chi connectivity index (χ4n) is 6.24. The van der Waals surface area contributed by atoms with Crippen molar-refractivity contribution >= 4 is 29.4 Å². The third kappa shape index (κ3) is 6.38. The fourth-order valence-corrected chi connectivity index (χ4v) is 6.24. The van der Waals surface area contributed by atoms with E-state index in [1.165, 1.54) is 22.9 Å². The molecule has 1 fully saturated rings. The Morgan fingerprint density at radius 2 is 1.94 bits per heavy atom. The van der Waals surface area contributed by atoms with E-state index in [1.54, 1.807) is 11.8 Å². The molecule has 2 bridgehead atoms. The van der Waals surface area contributed by atoms with Crippen molar-refractivity contribution in [2.45, 2.75) is 57.3 Å². The van der Waals surface area contributed by atoms with Crippen molar-refractivity contribution in [3.8, 4) is 11.5 Å². The van der Waals surface area contributed by atoms with Crippen LogP contribution < -0.4 is 20.2 Å². The van der Waals surface area contributed by atoms with Crippen LogP contribution in [0.3, 0.4) is 0 Å². The number of ether oxygens (including phenoxy) is 3. The molecule has 2 unspecified atom stereocenters. The van der Waals surface area contributed by atoms with Crippen LogP contribution in [-0.2, 0) is 16.1 Å². The molecule has 2 amide bonds. The predicted molar refractivity (Wildman–Crippen MR) is 164 cm³/mol. The third-order valence-corrected chi connectivity index (χ3v) is 8.75. The van der Waals surface area contributed by atoms with Gasteiger partial charge in [-0.3, -0.25) is 24.5 Å². The molecule has 1 aromatic heterocycles. The van der Waals surface area contributed by atoms with Crippen molar-refractivity contribution in [2.24, 2.45) is 5.16 Å². The Balaban J connectivity index is 1.33. The van der Waals surface area contributed by atoms with E-state index in [4.69, 9.17) is 19.0 Å². The first-order chi connectivity index (χ1) is 23.4. The number of amides is 2. The summed E-state index contributed by atoms with van der Waals surface area (Å²) in [6, 6.07) is 6.49. The number of aromatic nitrogens is 1. The van der Waals surface area contributed by atoms with Gasteiger partial charge in [0.25, 0.3) is 17.5 Å². The summed E-state index contributed by atoms with van der Waals surface area (Å²) >= 11 is 0. The zero-order valence-corrected chi connectivity index (χ0v) is 26.1. The third-order valence-electron chi connectivity index (χ3n) is 8.75. The number of benzene rings is 2. The van der Waals surface area contributed by atoms with Gasteiger partial charge in [0.1, 0.15) is 22.9 Å². The van der Waals surface area contributed by atoms with Crippen LogP contribution in [0.5, 0.6) is 11.5 Å². The standard InChI is InChI=1S/C32H29F2N5O10/c1-17-12-32(49-36-17)10-9-18(2)37-15-25(32)38-14-23(29(41)35-13-19-3-4-20(33)11-24(19)34)27(40)28(26(38)30(37)42)46-16-47-31(43)48-22-7-5-21(6-8-22)39(44)45/h3-8,11,14,18,25H,9-10,12-13,15-16H2,1-2H3,(H,35,41)/t18?,25?,32-/m0/s1. The van der Waals surface area contributed by atoms with Gasteiger partial charge < -0.3 is 33.8 Å². The number of nitrogens with one attached hydrogen (secondary N) is 1. The number of nitrogens with zero attached hydrogens (tertiary/aromatic N) is 4. The second kappa shape index (κ2) is 13.0. The number of hydrogen-bond acceptors (Lipinski definition) is 11. The van der Waals surface area contributed by atoms with Crippen molar-refractivity contribution in [3.63, 3.8) is 0 Å². The molecule has 49 heavy (non-hydrogen) atoms. The van der Waals surface area contributed by atoms with Crippen LogP contribution in [0.2, 0.25) is 0 Å². The molecular formula is C32H29F2N5O10. The Hall–Kier alpha value is -5.87. The molecule has 6 rings (SSSR count). The van der Waals surface area contributed by atoms with Crippen LogP contribution in [0.15, 0.2) is 58.6 Å². The fraction of sp³-hybridized carbons (Fsp3) is 0.344. The molecule has 0 radical (unpaired) electrons. The molecule has 1 spiro atoms. The van der Waals surface area contributed by atoms with E-state index in [0.29, 0.717) is 25.3 Å². The van der Waals surface area contributed by atoms with E-state index in [-0.39, 0.29) is 35.3 Å². The highest BCUT2D eigenvalue weighted by Crippen LogP contribution is 2.46. The van der Waals surface area contributed by atoms with Crippen LogP contribution >= 0.6 is 0 Å². The summed E-state index contributed by atoms with van der Waals surface area (Å²) in [7, 11) is 0. The Labute approximate surface area is 276 Å². The molecule has 3 aliphatic heterocycles. The van der Waals surface area contributed by atoms with Gasteiger partial charge in [0.15, 0.2) is 11.3 Å². The van der Waals surface area contributed by atoms with Crippen molar-refractivity contribution in [1.82, 2.24) is 14.8 Å².